The van der Waals surface area contributed by atoms with Crippen molar-refractivity contribution in [2.24, 2.45) is 10.9 Å². The average Bonchev–Trinajstić information content (AvgIpc) is 2.95. The van der Waals surface area contributed by atoms with Crippen LogP contribution in [-0.4, -0.2) is 56.8 Å². The second-order valence-corrected chi connectivity index (χ2v) is 7.61. The number of fused-ring (bicyclic) bond motifs is 1. The molecule has 29 heavy (non-hydrogen) atoms. The Morgan fingerprint density at radius 3 is 2.76 bits per heavy atom. The summed E-state index contributed by atoms with van der Waals surface area (Å²) in [5.74, 6) is 3.23. The second kappa shape index (κ2) is 13.0. The quantitative estimate of drug-likeness (QED) is 0.189. The number of ether oxygens (including phenoxy) is 2. The molecule has 6 nitrogen and oxygen atoms in total. The lowest BCUT2D eigenvalue weighted by Crippen LogP contribution is -2.34. The van der Waals surface area contributed by atoms with Crippen molar-refractivity contribution in [2.45, 2.75) is 32.6 Å². The first kappa shape index (κ1) is 23.8. The third-order valence-electron chi connectivity index (χ3n) is 5.20. The third-order valence-corrected chi connectivity index (χ3v) is 5.20. The van der Waals surface area contributed by atoms with Crippen molar-refractivity contribution in [2.75, 3.05) is 51.3 Å². The monoisotopic (exact) mass is 514 g/mol. The van der Waals surface area contributed by atoms with Crippen LogP contribution >= 0.6 is 24.0 Å². The molecule has 1 aromatic rings. The molecule has 3 rings (SSSR count). The zero-order valence-corrected chi connectivity index (χ0v) is 19.8. The third kappa shape index (κ3) is 8.04. The maximum absolute atomic E-state index is 5.78. The van der Waals surface area contributed by atoms with E-state index in [1.54, 1.807) is 0 Å². The maximum Gasteiger partial charge on any atom is 0.196 e. The molecule has 0 radical (unpaired) electrons. The fourth-order valence-corrected chi connectivity index (χ4v) is 3.46. The fourth-order valence-electron chi connectivity index (χ4n) is 3.46. The second-order valence-electron chi connectivity index (χ2n) is 7.61. The largest absolute Gasteiger partial charge is 0.490 e. The Labute approximate surface area is 192 Å². The summed E-state index contributed by atoms with van der Waals surface area (Å²) in [5.41, 5.74) is 0.935. The van der Waals surface area contributed by atoms with E-state index in [0.717, 1.165) is 55.0 Å². The van der Waals surface area contributed by atoms with Crippen LogP contribution < -0.4 is 20.1 Å². The van der Waals surface area contributed by atoms with Crippen LogP contribution in [0.15, 0.2) is 35.8 Å². The zero-order valence-electron chi connectivity index (χ0n) is 17.5. The molecule has 2 aliphatic rings. The summed E-state index contributed by atoms with van der Waals surface area (Å²) in [7, 11) is 0. The number of aliphatic imine (C=N–C) groups is 1. The SMILES string of the molecule is C=CCNC(=NCCCN1CCC(C)CC1)Nc1ccc2c(c1)OCCCO2.I. The maximum atomic E-state index is 5.78. The highest BCUT2D eigenvalue weighted by Gasteiger charge is 2.15. The molecule has 0 bridgehead atoms. The molecule has 0 spiro atoms. The van der Waals surface area contributed by atoms with Gasteiger partial charge in [-0.3, -0.25) is 4.99 Å². The van der Waals surface area contributed by atoms with E-state index in [-0.39, 0.29) is 24.0 Å². The summed E-state index contributed by atoms with van der Waals surface area (Å²) < 4.78 is 11.5. The first-order chi connectivity index (χ1) is 13.7. The van der Waals surface area contributed by atoms with Crippen LogP contribution in [0.4, 0.5) is 5.69 Å². The summed E-state index contributed by atoms with van der Waals surface area (Å²) in [6.45, 7) is 12.5. The Kier molecular flexibility index (Phi) is 10.6. The molecule has 0 amide bonds. The molecular weight excluding hydrogens is 479 g/mol. The van der Waals surface area contributed by atoms with E-state index < -0.39 is 0 Å². The van der Waals surface area contributed by atoms with Gasteiger partial charge in [0.15, 0.2) is 17.5 Å². The van der Waals surface area contributed by atoms with E-state index in [0.29, 0.717) is 19.8 Å². The van der Waals surface area contributed by atoms with Crippen LogP contribution in [0.25, 0.3) is 0 Å². The molecular formula is C22H35IN4O2. The van der Waals surface area contributed by atoms with Gasteiger partial charge in [0.1, 0.15) is 0 Å². The summed E-state index contributed by atoms with van der Waals surface area (Å²) in [6.07, 6.45) is 6.44. The molecule has 2 aliphatic heterocycles. The minimum atomic E-state index is 0. The number of likely N-dealkylation sites (tertiary alicyclic amines) is 1. The Morgan fingerprint density at radius 1 is 1.24 bits per heavy atom. The number of benzene rings is 1. The lowest BCUT2D eigenvalue weighted by Gasteiger charge is -2.29. The van der Waals surface area contributed by atoms with Crippen molar-refractivity contribution in [3.05, 3.63) is 30.9 Å². The van der Waals surface area contributed by atoms with E-state index in [2.05, 4.69) is 29.0 Å². The first-order valence-electron chi connectivity index (χ1n) is 10.5. The van der Waals surface area contributed by atoms with E-state index in [1.807, 2.05) is 24.3 Å². The molecule has 0 unspecified atom stereocenters. The molecule has 2 N–H and O–H groups in total. The van der Waals surface area contributed by atoms with Gasteiger partial charge in [-0.2, -0.15) is 0 Å². The minimum absolute atomic E-state index is 0. The van der Waals surface area contributed by atoms with E-state index in [1.165, 1.54) is 25.9 Å². The van der Waals surface area contributed by atoms with Gasteiger partial charge in [-0.15, -0.1) is 30.6 Å². The zero-order chi connectivity index (χ0) is 19.6. The lowest BCUT2D eigenvalue weighted by molar-refractivity contribution is 0.192. The number of guanidine groups is 1. The molecule has 0 aliphatic carbocycles. The Morgan fingerprint density at radius 2 is 2.00 bits per heavy atom. The molecule has 7 heteroatoms. The number of halogens is 1. The molecule has 0 atom stereocenters. The predicted molar refractivity (Wildman–Crippen MR) is 131 cm³/mol. The van der Waals surface area contributed by atoms with Crippen LogP contribution in [-0.2, 0) is 0 Å². The van der Waals surface area contributed by atoms with Gasteiger partial charge in [0.05, 0.1) is 13.2 Å². The Bertz CT molecular complexity index is 660. The van der Waals surface area contributed by atoms with Crippen molar-refractivity contribution >= 4 is 35.6 Å². The molecule has 1 fully saturated rings. The van der Waals surface area contributed by atoms with E-state index >= 15 is 0 Å². The van der Waals surface area contributed by atoms with Crippen LogP contribution in [0.1, 0.15) is 32.6 Å². The highest BCUT2D eigenvalue weighted by molar-refractivity contribution is 14.0. The van der Waals surface area contributed by atoms with Gasteiger partial charge in [-0.1, -0.05) is 13.0 Å². The smallest absolute Gasteiger partial charge is 0.196 e. The first-order valence-corrected chi connectivity index (χ1v) is 10.5. The van der Waals surface area contributed by atoms with Gasteiger partial charge in [-0.25, -0.2) is 0 Å². The topological polar surface area (TPSA) is 58.1 Å². The molecule has 162 valence electrons. The van der Waals surface area contributed by atoms with Gasteiger partial charge < -0.3 is 25.0 Å². The number of hydrogen-bond acceptors (Lipinski definition) is 4. The summed E-state index contributed by atoms with van der Waals surface area (Å²) in [5, 5.41) is 6.66. The minimum Gasteiger partial charge on any atom is -0.490 e. The van der Waals surface area contributed by atoms with Crippen molar-refractivity contribution in [3.63, 3.8) is 0 Å². The van der Waals surface area contributed by atoms with Gasteiger partial charge in [0, 0.05) is 31.3 Å². The fraction of sp³-hybridized carbons (Fsp3) is 0.591. The van der Waals surface area contributed by atoms with Crippen LogP contribution in [0, 0.1) is 5.92 Å². The summed E-state index contributed by atoms with van der Waals surface area (Å²) in [6, 6.07) is 5.92. The van der Waals surface area contributed by atoms with E-state index in [4.69, 9.17) is 14.5 Å². The highest BCUT2D eigenvalue weighted by Crippen LogP contribution is 2.32. The van der Waals surface area contributed by atoms with Crippen LogP contribution in [0.5, 0.6) is 11.5 Å². The van der Waals surface area contributed by atoms with Gasteiger partial charge in [0.25, 0.3) is 0 Å². The standard InChI is InChI=1S/C22H34N4O2.HI/c1-3-10-23-22(24-11-4-12-26-13-8-18(2)9-14-26)25-19-6-7-20-21(17-19)28-16-5-15-27-20;/h3,6-7,17-18H,1,4-5,8-16H2,2H3,(H2,23,24,25);1H. The number of piperidine rings is 1. The molecule has 0 saturated carbocycles. The molecule has 2 heterocycles. The normalized spacial score (nSPS) is 17.8. The lowest BCUT2D eigenvalue weighted by atomic mass is 9.99. The van der Waals surface area contributed by atoms with Gasteiger partial charge in [-0.05, 0) is 56.9 Å². The number of anilines is 1. The number of hydrogen-bond donors (Lipinski definition) is 2. The highest BCUT2D eigenvalue weighted by atomic mass is 127. The van der Waals surface area contributed by atoms with Crippen molar-refractivity contribution in [3.8, 4) is 11.5 Å². The Hall–Kier alpha value is -1.48. The number of nitrogens with one attached hydrogen (secondary N) is 2. The van der Waals surface area contributed by atoms with Gasteiger partial charge in [0.2, 0.25) is 0 Å². The van der Waals surface area contributed by atoms with E-state index in [9.17, 15) is 0 Å². The summed E-state index contributed by atoms with van der Waals surface area (Å²) >= 11 is 0. The Balaban J connectivity index is 0.00000300. The number of rotatable bonds is 7. The van der Waals surface area contributed by atoms with Crippen molar-refractivity contribution in [1.82, 2.24) is 10.2 Å². The van der Waals surface area contributed by atoms with Crippen LogP contribution in [0.3, 0.4) is 0 Å². The summed E-state index contributed by atoms with van der Waals surface area (Å²) in [4.78, 5) is 7.29. The van der Waals surface area contributed by atoms with Crippen LogP contribution in [0.2, 0.25) is 0 Å². The average molecular weight is 514 g/mol. The molecule has 1 saturated heterocycles. The number of nitrogens with zero attached hydrogens (tertiary/aromatic N) is 2. The van der Waals surface area contributed by atoms with Gasteiger partial charge >= 0.3 is 0 Å². The molecule has 1 aromatic carbocycles. The van der Waals surface area contributed by atoms with Crippen molar-refractivity contribution < 1.29 is 9.47 Å². The molecule has 0 aromatic heterocycles. The van der Waals surface area contributed by atoms with Crippen molar-refractivity contribution in [1.29, 1.82) is 0 Å². The predicted octanol–water partition coefficient (Wildman–Crippen LogP) is 4.13.